The Kier molecular flexibility index (Phi) is 6.80. The lowest BCUT2D eigenvalue weighted by Crippen LogP contribution is -2.45. The van der Waals surface area contributed by atoms with Crippen molar-refractivity contribution in [1.82, 2.24) is 25.7 Å². The molecule has 2 aliphatic rings. The van der Waals surface area contributed by atoms with E-state index in [2.05, 4.69) is 25.7 Å². The molecule has 2 fully saturated rings. The number of hydrogen-bond donors (Lipinski definition) is 2. The number of nitrogens with zero attached hydrogens (tertiary/aromatic N) is 3. The molecule has 0 aliphatic carbocycles. The first kappa shape index (κ1) is 18.2. The molecule has 2 saturated heterocycles. The van der Waals surface area contributed by atoms with Crippen LogP contribution in [0.3, 0.4) is 0 Å². The predicted molar refractivity (Wildman–Crippen MR) is 88.3 cm³/mol. The Labute approximate surface area is 143 Å². The Hall–Kier alpha value is -1.18. The maximum absolute atomic E-state index is 12.0. The number of rotatable bonds is 5. The first-order valence-corrected chi connectivity index (χ1v) is 8.23. The second kappa shape index (κ2) is 8.61. The molecule has 2 atom stereocenters. The number of aromatic nitrogens is 2. The van der Waals surface area contributed by atoms with Crippen molar-refractivity contribution in [2.45, 2.75) is 45.2 Å². The third kappa shape index (κ3) is 5.16. The van der Waals surface area contributed by atoms with Crippen LogP contribution in [0, 0.1) is 12.8 Å². The zero-order valence-electron chi connectivity index (χ0n) is 13.6. The van der Waals surface area contributed by atoms with Gasteiger partial charge in [0.2, 0.25) is 11.8 Å². The van der Waals surface area contributed by atoms with Gasteiger partial charge in [0.15, 0.2) is 5.82 Å². The number of nitrogens with one attached hydrogen (secondary N) is 2. The smallest absolute Gasteiger partial charge is 0.240 e. The second-order valence-electron chi connectivity index (χ2n) is 6.37. The van der Waals surface area contributed by atoms with Crippen LogP contribution < -0.4 is 10.6 Å². The zero-order valence-corrected chi connectivity index (χ0v) is 14.4. The Morgan fingerprint density at radius 3 is 3.00 bits per heavy atom. The van der Waals surface area contributed by atoms with Gasteiger partial charge in [0.1, 0.15) is 0 Å². The van der Waals surface area contributed by atoms with Crippen LogP contribution in [0.15, 0.2) is 4.52 Å². The van der Waals surface area contributed by atoms with Gasteiger partial charge < -0.3 is 15.2 Å². The van der Waals surface area contributed by atoms with E-state index < -0.39 is 0 Å². The monoisotopic (exact) mass is 343 g/mol. The standard InChI is InChI=1S/C15H25N5O2.ClH/c1-11-18-14(22-19-11)10-20-7-3-4-12(9-20)8-17-15(21)13-5-2-6-16-13;/h12-13,16H,2-10H2,1H3,(H,17,21);1H. The highest BCUT2D eigenvalue weighted by molar-refractivity contribution is 5.85. The predicted octanol–water partition coefficient (Wildman–Crippen LogP) is 0.880. The van der Waals surface area contributed by atoms with Gasteiger partial charge in [0.25, 0.3) is 0 Å². The largest absolute Gasteiger partial charge is 0.354 e. The van der Waals surface area contributed by atoms with Gasteiger partial charge >= 0.3 is 0 Å². The summed E-state index contributed by atoms with van der Waals surface area (Å²) in [7, 11) is 0. The average molecular weight is 344 g/mol. The highest BCUT2D eigenvalue weighted by Gasteiger charge is 2.25. The third-order valence-electron chi connectivity index (χ3n) is 4.47. The maximum atomic E-state index is 12.0. The summed E-state index contributed by atoms with van der Waals surface area (Å²) >= 11 is 0. The summed E-state index contributed by atoms with van der Waals surface area (Å²) in [5, 5.41) is 10.2. The Bertz CT molecular complexity index is 504. The molecule has 2 aliphatic heterocycles. The summed E-state index contributed by atoms with van der Waals surface area (Å²) < 4.78 is 5.19. The molecule has 0 spiro atoms. The van der Waals surface area contributed by atoms with Crippen molar-refractivity contribution in [1.29, 1.82) is 0 Å². The Morgan fingerprint density at radius 2 is 2.30 bits per heavy atom. The van der Waals surface area contributed by atoms with Gasteiger partial charge in [-0.25, -0.2) is 0 Å². The normalized spacial score (nSPS) is 25.1. The van der Waals surface area contributed by atoms with Gasteiger partial charge in [0.05, 0.1) is 12.6 Å². The van der Waals surface area contributed by atoms with E-state index in [1.807, 2.05) is 6.92 Å². The number of amides is 1. The number of carbonyl (C=O) groups excluding carboxylic acids is 1. The first-order valence-electron chi connectivity index (χ1n) is 8.23. The van der Waals surface area contributed by atoms with E-state index in [4.69, 9.17) is 4.52 Å². The summed E-state index contributed by atoms with van der Waals surface area (Å²) in [5.41, 5.74) is 0. The number of aryl methyl sites for hydroxylation is 1. The van der Waals surface area contributed by atoms with Crippen molar-refractivity contribution in [3.63, 3.8) is 0 Å². The quantitative estimate of drug-likeness (QED) is 0.825. The minimum Gasteiger partial charge on any atom is -0.354 e. The van der Waals surface area contributed by atoms with Crippen LogP contribution in [0.5, 0.6) is 0 Å². The lowest BCUT2D eigenvalue weighted by atomic mass is 9.98. The van der Waals surface area contributed by atoms with Gasteiger partial charge in [0, 0.05) is 13.1 Å². The summed E-state index contributed by atoms with van der Waals surface area (Å²) in [5.74, 6) is 2.02. The van der Waals surface area contributed by atoms with E-state index >= 15 is 0 Å². The average Bonchev–Trinajstić information content (AvgIpc) is 3.17. The minimum absolute atomic E-state index is 0. The van der Waals surface area contributed by atoms with Crippen LogP contribution >= 0.6 is 12.4 Å². The number of hydrogen-bond acceptors (Lipinski definition) is 6. The van der Waals surface area contributed by atoms with Crippen molar-refractivity contribution in [2.75, 3.05) is 26.2 Å². The molecule has 0 aromatic carbocycles. The van der Waals surface area contributed by atoms with Crippen molar-refractivity contribution >= 4 is 18.3 Å². The molecule has 0 radical (unpaired) electrons. The van der Waals surface area contributed by atoms with Gasteiger partial charge in [-0.15, -0.1) is 12.4 Å². The van der Waals surface area contributed by atoms with Gasteiger partial charge in [-0.05, 0) is 51.6 Å². The minimum atomic E-state index is 0. The summed E-state index contributed by atoms with van der Waals surface area (Å²) in [6.45, 7) is 6.28. The molecule has 130 valence electrons. The molecule has 3 rings (SSSR count). The summed E-state index contributed by atoms with van der Waals surface area (Å²) in [4.78, 5) is 18.6. The molecule has 0 saturated carbocycles. The van der Waals surface area contributed by atoms with Crippen LogP contribution in [-0.2, 0) is 11.3 Å². The molecule has 23 heavy (non-hydrogen) atoms. The molecular weight excluding hydrogens is 318 g/mol. The lowest BCUT2D eigenvalue weighted by molar-refractivity contribution is -0.123. The fourth-order valence-corrected chi connectivity index (χ4v) is 3.33. The number of carbonyl (C=O) groups is 1. The number of halogens is 1. The van der Waals surface area contributed by atoms with E-state index in [1.54, 1.807) is 0 Å². The molecule has 2 unspecified atom stereocenters. The third-order valence-corrected chi connectivity index (χ3v) is 4.47. The second-order valence-corrected chi connectivity index (χ2v) is 6.37. The molecular formula is C15H26ClN5O2. The fourth-order valence-electron chi connectivity index (χ4n) is 3.33. The van der Waals surface area contributed by atoms with Crippen molar-refractivity contribution < 1.29 is 9.32 Å². The van der Waals surface area contributed by atoms with Gasteiger partial charge in [-0.3, -0.25) is 9.69 Å². The highest BCUT2D eigenvalue weighted by atomic mass is 35.5. The van der Waals surface area contributed by atoms with Crippen LogP contribution in [0.25, 0.3) is 0 Å². The van der Waals surface area contributed by atoms with E-state index in [0.29, 0.717) is 24.2 Å². The van der Waals surface area contributed by atoms with Crippen LogP contribution in [0.1, 0.15) is 37.4 Å². The van der Waals surface area contributed by atoms with Crippen molar-refractivity contribution in [3.8, 4) is 0 Å². The van der Waals surface area contributed by atoms with Crippen molar-refractivity contribution in [3.05, 3.63) is 11.7 Å². The Morgan fingerprint density at radius 1 is 1.43 bits per heavy atom. The molecule has 1 amide bonds. The highest BCUT2D eigenvalue weighted by Crippen LogP contribution is 2.18. The number of piperidine rings is 1. The van der Waals surface area contributed by atoms with Gasteiger partial charge in [-0.1, -0.05) is 5.16 Å². The van der Waals surface area contributed by atoms with E-state index in [9.17, 15) is 4.79 Å². The van der Waals surface area contributed by atoms with Crippen molar-refractivity contribution in [2.24, 2.45) is 5.92 Å². The zero-order chi connectivity index (χ0) is 15.4. The molecule has 2 N–H and O–H groups in total. The molecule has 0 bridgehead atoms. The molecule has 3 heterocycles. The van der Waals surface area contributed by atoms with E-state index in [-0.39, 0.29) is 24.4 Å². The first-order chi connectivity index (χ1) is 10.7. The van der Waals surface area contributed by atoms with E-state index in [1.165, 1.54) is 0 Å². The molecule has 1 aromatic heterocycles. The maximum Gasteiger partial charge on any atom is 0.240 e. The van der Waals surface area contributed by atoms with E-state index in [0.717, 1.165) is 51.9 Å². The van der Waals surface area contributed by atoms with Gasteiger partial charge in [-0.2, -0.15) is 4.98 Å². The number of likely N-dealkylation sites (tertiary alicyclic amines) is 1. The molecule has 7 nitrogen and oxygen atoms in total. The molecule has 8 heteroatoms. The van der Waals surface area contributed by atoms with Crippen LogP contribution in [0.4, 0.5) is 0 Å². The SMILES string of the molecule is Cc1noc(CN2CCCC(CNC(=O)C3CCCN3)C2)n1.Cl. The molecule has 1 aromatic rings. The summed E-state index contributed by atoms with van der Waals surface area (Å²) in [6.07, 6.45) is 4.37. The lowest BCUT2D eigenvalue weighted by Gasteiger charge is -2.32. The Balaban J connectivity index is 0.00000192. The fraction of sp³-hybridized carbons (Fsp3) is 0.800. The van der Waals surface area contributed by atoms with Crippen LogP contribution in [-0.4, -0.2) is 53.2 Å². The summed E-state index contributed by atoms with van der Waals surface area (Å²) in [6, 6.07) is 0.0149. The van der Waals surface area contributed by atoms with Crippen LogP contribution in [0.2, 0.25) is 0 Å². The topological polar surface area (TPSA) is 83.3 Å².